The molecule has 0 aliphatic rings. The van der Waals surface area contributed by atoms with Crippen LogP contribution in [-0.2, 0) is 4.84 Å². The predicted octanol–water partition coefficient (Wildman–Crippen LogP) is 3.24. The maximum absolute atomic E-state index is 11.0. The quantitative estimate of drug-likeness (QED) is 0.622. The van der Waals surface area contributed by atoms with Crippen LogP contribution in [0.2, 0.25) is 0 Å². The second-order valence-electron chi connectivity index (χ2n) is 4.61. The third-order valence-electron chi connectivity index (χ3n) is 3.32. The van der Waals surface area contributed by atoms with Crippen molar-refractivity contribution in [2.45, 2.75) is 6.92 Å². The molecule has 0 amide bonds. The van der Waals surface area contributed by atoms with Crippen LogP contribution in [0.5, 0.6) is 11.5 Å². The molecule has 0 unspecified atom stereocenters. The Morgan fingerprint density at radius 1 is 1.09 bits per heavy atom. The van der Waals surface area contributed by atoms with E-state index in [1.165, 1.54) is 6.07 Å². The second-order valence-corrected chi connectivity index (χ2v) is 5.69. The summed E-state index contributed by atoms with van der Waals surface area (Å²) in [5.74, 6) is 6.02. The third kappa shape index (κ3) is 3.46. The summed E-state index contributed by atoms with van der Waals surface area (Å²) in [7, 11) is 3.12. The average Bonchev–Trinajstić information content (AvgIpc) is 3.04. The van der Waals surface area contributed by atoms with E-state index in [1.807, 2.05) is 13.0 Å². The number of carboxylic acid groups (broad SMARTS) is 1. The molecule has 0 saturated heterocycles. The van der Waals surface area contributed by atoms with E-state index < -0.39 is 5.97 Å². The van der Waals surface area contributed by atoms with Crippen LogP contribution in [0.4, 0.5) is 0 Å². The summed E-state index contributed by atoms with van der Waals surface area (Å²) in [5, 5.41) is 9.03. The highest BCUT2D eigenvalue weighted by Crippen LogP contribution is 2.35. The van der Waals surface area contributed by atoms with Crippen LogP contribution in [0.1, 0.15) is 27.0 Å². The monoisotopic (exact) mass is 335 g/mol. The van der Waals surface area contributed by atoms with Gasteiger partial charge in [-0.2, -0.15) is 5.90 Å². The van der Waals surface area contributed by atoms with Crippen molar-refractivity contribution in [1.29, 1.82) is 0 Å². The van der Waals surface area contributed by atoms with E-state index >= 15 is 0 Å². The van der Waals surface area contributed by atoms with Crippen molar-refractivity contribution in [3.05, 3.63) is 45.6 Å². The second kappa shape index (κ2) is 7.17. The first-order valence-corrected chi connectivity index (χ1v) is 7.47. The van der Waals surface area contributed by atoms with E-state index in [0.29, 0.717) is 22.1 Å². The largest absolute Gasteiger partial charge is 0.493 e. The number of rotatable bonds is 6. The lowest BCUT2D eigenvalue weighted by Gasteiger charge is -2.12. The Hall–Kier alpha value is -2.51. The number of aromatic carboxylic acids is 1. The minimum atomic E-state index is -0.985. The number of nitrogens with two attached hydrogens (primary N) is 1. The molecule has 1 aromatic heterocycles. The zero-order chi connectivity index (χ0) is 17.0. The van der Waals surface area contributed by atoms with Gasteiger partial charge in [-0.1, -0.05) is 6.07 Å². The number of thiophene rings is 1. The number of allylic oxidation sites excluding steroid dienone is 1. The Bertz CT molecular complexity index is 751. The average molecular weight is 335 g/mol. The lowest BCUT2D eigenvalue weighted by Crippen LogP contribution is -2.00. The third-order valence-corrected chi connectivity index (χ3v) is 4.39. The highest BCUT2D eigenvalue weighted by atomic mass is 32.1. The van der Waals surface area contributed by atoms with Gasteiger partial charge in [-0.3, -0.25) is 0 Å². The highest BCUT2D eigenvalue weighted by Gasteiger charge is 2.16. The first-order chi connectivity index (χ1) is 11.0. The summed E-state index contributed by atoms with van der Waals surface area (Å²) in [6, 6.07) is 8.62. The SMILES string of the molecule is COc1ccc(/C(C)=C(/ON)c2ccc(C(=O)O)s2)cc1OC. The smallest absolute Gasteiger partial charge is 0.345 e. The van der Waals surface area contributed by atoms with E-state index in [1.54, 1.807) is 32.4 Å². The fourth-order valence-electron chi connectivity index (χ4n) is 2.11. The molecule has 23 heavy (non-hydrogen) atoms. The van der Waals surface area contributed by atoms with Gasteiger partial charge in [0.15, 0.2) is 17.3 Å². The van der Waals surface area contributed by atoms with Crippen LogP contribution in [0.15, 0.2) is 30.3 Å². The molecule has 0 spiro atoms. The number of ether oxygens (including phenoxy) is 2. The maximum atomic E-state index is 11.0. The molecule has 1 aromatic carbocycles. The van der Waals surface area contributed by atoms with E-state index in [4.69, 9.17) is 25.3 Å². The predicted molar refractivity (Wildman–Crippen MR) is 88.6 cm³/mol. The molecular weight excluding hydrogens is 318 g/mol. The summed E-state index contributed by atoms with van der Waals surface area (Å²) >= 11 is 1.10. The lowest BCUT2D eigenvalue weighted by atomic mass is 10.0. The first-order valence-electron chi connectivity index (χ1n) is 6.65. The van der Waals surface area contributed by atoms with Crippen molar-refractivity contribution in [2.75, 3.05) is 14.2 Å². The summed E-state index contributed by atoms with van der Waals surface area (Å²) < 4.78 is 10.5. The standard InChI is InChI=1S/C16H17NO5S/c1-9(10-4-5-11(20-2)12(8-10)21-3)15(22-17)13-6-7-14(23-13)16(18)19/h4-8H,17H2,1-3H3,(H,18,19)/b15-9+. The molecule has 0 fully saturated rings. The molecule has 0 aliphatic heterocycles. The van der Waals surface area contributed by atoms with Crippen LogP contribution in [0.3, 0.4) is 0 Å². The Balaban J connectivity index is 2.49. The summed E-state index contributed by atoms with van der Waals surface area (Å²) in [5.41, 5.74) is 1.58. The van der Waals surface area contributed by atoms with Crippen LogP contribution in [0, 0.1) is 0 Å². The van der Waals surface area contributed by atoms with Gasteiger partial charge in [-0.15, -0.1) is 11.3 Å². The summed E-state index contributed by atoms with van der Waals surface area (Å²) in [4.78, 5) is 16.9. The van der Waals surface area contributed by atoms with Gasteiger partial charge in [-0.25, -0.2) is 4.79 Å². The van der Waals surface area contributed by atoms with E-state index in [0.717, 1.165) is 22.5 Å². The number of carbonyl (C=O) groups is 1. The number of benzene rings is 1. The zero-order valence-electron chi connectivity index (χ0n) is 13.0. The molecule has 0 bridgehead atoms. The molecule has 7 heteroatoms. The molecule has 0 radical (unpaired) electrons. The van der Waals surface area contributed by atoms with Gasteiger partial charge in [0, 0.05) is 5.57 Å². The lowest BCUT2D eigenvalue weighted by molar-refractivity contribution is 0.0702. The van der Waals surface area contributed by atoms with Crippen molar-refractivity contribution in [1.82, 2.24) is 0 Å². The molecule has 0 atom stereocenters. The highest BCUT2D eigenvalue weighted by molar-refractivity contribution is 7.15. The van der Waals surface area contributed by atoms with E-state index in [2.05, 4.69) is 0 Å². The van der Waals surface area contributed by atoms with Gasteiger partial charge in [0.1, 0.15) is 4.88 Å². The molecule has 2 aromatic rings. The molecule has 1 heterocycles. The minimum absolute atomic E-state index is 0.217. The van der Waals surface area contributed by atoms with Crippen molar-refractivity contribution in [3.8, 4) is 11.5 Å². The van der Waals surface area contributed by atoms with Crippen molar-refractivity contribution in [3.63, 3.8) is 0 Å². The van der Waals surface area contributed by atoms with Crippen molar-refractivity contribution < 1.29 is 24.2 Å². The fraction of sp³-hybridized carbons (Fsp3) is 0.188. The van der Waals surface area contributed by atoms with Gasteiger partial charge < -0.3 is 19.4 Å². The maximum Gasteiger partial charge on any atom is 0.345 e. The molecule has 2 rings (SSSR count). The fourth-order valence-corrected chi connectivity index (χ4v) is 3.00. The first kappa shape index (κ1) is 16.9. The van der Waals surface area contributed by atoms with Gasteiger partial charge in [-0.05, 0) is 36.8 Å². The Labute approximate surface area is 137 Å². The van der Waals surface area contributed by atoms with E-state index in [-0.39, 0.29) is 4.88 Å². The Kier molecular flexibility index (Phi) is 5.25. The minimum Gasteiger partial charge on any atom is -0.493 e. The summed E-state index contributed by atoms with van der Waals surface area (Å²) in [6.45, 7) is 1.84. The van der Waals surface area contributed by atoms with Crippen molar-refractivity contribution >= 4 is 28.6 Å². The van der Waals surface area contributed by atoms with Crippen LogP contribution < -0.4 is 15.4 Å². The number of carboxylic acids is 1. The molecule has 6 nitrogen and oxygen atoms in total. The van der Waals surface area contributed by atoms with Gasteiger partial charge >= 0.3 is 5.97 Å². The van der Waals surface area contributed by atoms with Crippen molar-refractivity contribution in [2.24, 2.45) is 5.90 Å². The zero-order valence-corrected chi connectivity index (χ0v) is 13.8. The molecular formula is C16H17NO5S. The number of hydrogen-bond acceptors (Lipinski definition) is 6. The van der Waals surface area contributed by atoms with Crippen LogP contribution >= 0.6 is 11.3 Å². The summed E-state index contributed by atoms with van der Waals surface area (Å²) in [6.07, 6.45) is 0. The Morgan fingerprint density at radius 3 is 2.26 bits per heavy atom. The molecule has 122 valence electrons. The molecule has 3 N–H and O–H groups in total. The van der Waals surface area contributed by atoms with Gasteiger partial charge in [0.05, 0.1) is 19.1 Å². The van der Waals surface area contributed by atoms with Gasteiger partial charge in [0.25, 0.3) is 0 Å². The molecule has 0 saturated carbocycles. The van der Waals surface area contributed by atoms with Gasteiger partial charge in [0.2, 0.25) is 0 Å². The number of hydrogen-bond donors (Lipinski definition) is 2. The van der Waals surface area contributed by atoms with Crippen LogP contribution in [0.25, 0.3) is 11.3 Å². The van der Waals surface area contributed by atoms with Crippen LogP contribution in [-0.4, -0.2) is 25.3 Å². The van der Waals surface area contributed by atoms with E-state index in [9.17, 15) is 4.79 Å². The topological polar surface area (TPSA) is 91.0 Å². The number of methoxy groups -OCH3 is 2. The Morgan fingerprint density at radius 2 is 1.74 bits per heavy atom. The normalized spacial score (nSPS) is 11.7. The molecule has 0 aliphatic carbocycles.